The van der Waals surface area contributed by atoms with Gasteiger partial charge in [-0.05, 0) is 18.2 Å². The zero-order valence-electron chi connectivity index (χ0n) is 8.26. The Hall–Kier alpha value is -1.82. The summed E-state index contributed by atoms with van der Waals surface area (Å²) in [5.74, 6) is -0.606. The Morgan fingerprint density at radius 3 is 2.75 bits per heavy atom. The van der Waals surface area contributed by atoms with E-state index in [0.29, 0.717) is 0 Å². The molecule has 0 atom stereocenters. The van der Waals surface area contributed by atoms with Gasteiger partial charge in [-0.25, -0.2) is 8.42 Å². The number of ether oxygens (including phenoxy) is 1. The molecule has 0 unspecified atom stereocenters. The monoisotopic (exact) mass is 239 g/mol. The second-order valence-electron chi connectivity index (χ2n) is 3.43. The quantitative estimate of drug-likeness (QED) is 0.771. The summed E-state index contributed by atoms with van der Waals surface area (Å²) in [5, 5.41) is 0. The number of benzene rings is 1. The van der Waals surface area contributed by atoms with Crippen LogP contribution in [0.2, 0.25) is 0 Å². The first-order valence-corrected chi connectivity index (χ1v) is 6.07. The first-order valence-electron chi connectivity index (χ1n) is 4.42. The highest BCUT2D eigenvalue weighted by Crippen LogP contribution is 2.32. The number of hydrogen-bond donors (Lipinski definition) is 1. The summed E-state index contributed by atoms with van der Waals surface area (Å²) in [6.07, 6.45) is 0. The smallest absolute Gasteiger partial charge is 0.248 e. The zero-order valence-corrected chi connectivity index (χ0v) is 9.08. The van der Waals surface area contributed by atoms with Gasteiger partial charge in [-0.3, -0.25) is 4.79 Å². The lowest BCUT2D eigenvalue weighted by atomic mass is 10.2. The Morgan fingerprint density at radius 1 is 1.44 bits per heavy atom. The van der Waals surface area contributed by atoms with Crippen molar-refractivity contribution in [2.24, 2.45) is 5.73 Å². The number of nitrogens with two attached hydrogens (primary N) is 1. The van der Waals surface area contributed by atoms with Crippen molar-refractivity contribution in [1.29, 1.82) is 0 Å². The van der Waals surface area contributed by atoms with Crippen molar-refractivity contribution in [3.05, 3.63) is 36.1 Å². The number of hydrogen-bond acceptors (Lipinski definition) is 4. The molecule has 0 fully saturated rings. The van der Waals surface area contributed by atoms with Crippen LogP contribution in [0.5, 0.6) is 5.75 Å². The predicted octanol–water partition coefficient (Wildman–Crippen LogP) is 0.465. The van der Waals surface area contributed by atoms with E-state index in [1.807, 2.05) is 0 Å². The molecule has 1 aromatic carbocycles. The summed E-state index contributed by atoms with van der Waals surface area (Å²) in [7, 11) is -3.48. The number of carbonyl (C=O) groups excluding carboxylic acids is 1. The largest absolute Gasteiger partial charge is 0.460 e. The Kier molecular flexibility index (Phi) is 2.23. The van der Waals surface area contributed by atoms with E-state index in [-0.39, 0.29) is 27.7 Å². The van der Waals surface area contributed by atoms with Crippen molar-refractivity contribution in [2.45, 2.75) is 4.90 Å². The molecular weight excluding hydrogens is 230 g/mol. The van der Waals surface area contributed by atoms with Gasteiger partial charge in [0.25, 0.3) is 0 Å². The van der Waals surface area contributed by atoms with Crippen LogP contribution in [0.1, 0.15) is 10.4 Å². The predicted molar refractivity (Wildman–Crippen MR) is 56.8 cm³/mol. The van der Waals surface area contributed by atoms with Crippen LogP contribution in [0, 0.1) is 0 Å². The lowest BCUT2D eigenvalue weighted by molar-refractivity contribution is 0.1000. The van der Waals surface area contributed by atoms with E-state index in [2.05, 4.69) is 6.58 Å². The number of sulfone groups is 1. The Bertz CT molecular complexity index is 589. The molecule has 2 rings (SSSR count). The van der Waals surface area contributed by atoms with Crippen molar-refractivity contribution in [1.82, 2.24) is 0 Å². The molecule has 0 saturated heterocycles. The molecule has 1 heterocycles. The van der Waals surface area contributed by atoms with Gasteiger partial charge in [-0.1, -0.05) is 6.58 Å². The number of carbonyl (C=O) groups is 1. The Labute approximate surface area is 92.4 Å². The first kappa shape index (κ1) is 10.7. The summed E-state index contributed by atoms with van der Waals surface area (Å²) in [4.78, 5) is 10.9. The molecule has 1 aliphatic rings. The summed E-state index contributed by atoms with van der Waals surface area (Å²) in [6.45, 7) is 3.47. The van der Waals surface area contributed by atoms with E-state index < -0.39 is 15.7 Å². The maximum atomic E-state index is 11.8. The van der Waals surface area contributed by atoms with Crippen LogP contribution in [-0.2, 0) is 9.84 Å². The fourth-order valence-corrected chi connectivity index (χ4v) is 2.82. The molecule has 1 amide bonds. The molecule has 0 aliphatic carbocycles. The molecule has 16 heavy (non-hydrogen) atoms. The third-order valence-electron chi connectivity index (χ3n) is 2.17. The van der Waals surface area contributed by atoms with Crippen LogP contribution in [0.15, 0.2) is 35.4 Å². The second kappa shape index (κ2) is 3.34. The summed E-state index contributed by atoms with van der Waals surface area (Å²) >= 11 is 0. The number of rotatable bonds is 1. The summed E-state index contributed by atoms with van der Waals surface area (Å²) in [5.41, 5.74) is 5.21. The highest BCUT2D eigenvalue weighted by molar-refractivity contribution is 7.91. The number of primary amides is 1. The number of amides is 1. The maximum Gasteiger partial charge on any atom is 0.248 e. The average Bonchev–Trinajstić information content (AvgIpc) is 2.15. The molecular formula is C10H9NO4S. The van der Waals surface area contributed by atoms with E-state index >= 15 is 0 Å². The highest BCUT2D eigenvalue weighted by Gasteiger charge is 2.28. The molecule has 1 aromatic rings. The van der Waals surface area contributed by atoms with E-state index in [4.69, 9.17) is 10.5 Å². The van der Waals surface area contributed by atoms with E-state index in [1.165, 1.54) is 18.2 Å². The molecule has 0 spiro atoms. The molecule has 84 valence electrons. The highest BCUT2D eigenvalue weighted by atomic mass is 32.2. The third kappa shape index (κ3) is 1.67. The van der Waals surface area contributed by atoms with Gasteiger partial charge in [-0.15, -0.1) is 0 Å². The summed E-state index contributed by atoms with van der Waals surface area (Å²) in [6, 6.07) is 4.03. The second-order valence-corrected chi connectivity index (χ2v) is 5.38. The fraction of sp³-hybridized carbons (Fsp3) is 0.100. The molecule has 5 nitrogen and oxygen atoms in total. The van der Waals surface area contributed by atoms with Crippen molar-refractivity contribution < 1.29 is 17.9 Å². The lowest BCUT2D eigenvalue weighted by Gasteiger charge is -2.19. The van der Waals surface area contributed by atoms with Gasteiger partial charge in [0, 0.05) is 5.56 Å². The van der Waals surface area contributed by atoms with Crippen LogP contribution >= 0.6 is 0 Å². The number of fused-ring (bicyclic) bond motifs is 1. The van der Waals surface area contributed by atoms with Gasteiger partial charge >= 0.3 is 0 Å². The lowest BCUT2D eigenvalue weighted by Crippen LogP contribution is -2.20. The Balaban J connectivity index is 2.66. The van der Waals surface area contributed by atoms with Crippen LogP contribution in [0.25, 0.3) is 0 Å². The third-order valence-corrected chi connectivity index (χ3v) is 3.86. The van der Waals surface area contributed by atoms with E-state index in [1.54, 1.807) is 0 Å². The van der Waals surface area contributed by atoms with Crippen LogP contribution in [0.3, 0.4) is 0 Å². The van der Waals surface area contributed by atoms with E-state index in [0.717, 1.165) is 0 Å². The van der Waals surface area contributed by atoms with Crippen molar-refractivity contribution in [3.63, 3.8) is 0 Å². The minimum absolute atomic E-state index is 0.0174. The van der Waals surface area contributed by atoms with Gasteiger partial charge in [0.05, 0.1) is 0 Å². The van der Waals surface area contributed by atoms with Crippen molar-refractivity contribution in [3.8, 4) is 5.75 Å². The van der Waals surface area contributed by atoms with Crippen LogP contribution in [0.4, 0.5) is 0 Å². The van der Waals surface area contributed by atoms with Crippen molar-refractivity contribution >= 4 is 15.7 Å². The average molecular weight is 239 g/mol. The van der Waals surface area contributed by atoms with E-state index in [9.17, 15) is 13.2 Å². The van der Waals surface area contributed by atoms with Gasteiger partial charge < -0.3 is 10.5 Å². The maximum absolute atomic E-state index is 11.8. The molecule has 2 N–H and O–H groups in total. The molecule has 0 saturated carbocycles. The van der Waals surface area contributed by atoms with Gasteiger partial charge in [0.1, 0.15) is 22.2 Å². The Morgan fingerprint density at radius 2 is 2.12 bits per heavy atom. The van der Waals surface area contributed by atoms with Gasteiger partial charge in [-0.2, -0.15) is 0 Å². The summed E-state index contributed by atoms with van der Waals surface area (Å²) < 4.78 is 28.7. The molecule has 0 bridgehead atoms. The minimum atomic E-state index is -3.48. The van der Waals surface area contributed by atoms with Crippen LogP contribution < -0.4 is 10.5 Å². The normalized spacial score (nSPS) is 17.4. The molecule has 0 radical (unpaired) electrons. The van der Waals surface area contributed by atoms with Crippen molar-refractivity contribution in [2.75, 3.05) is 5.75 Å². The minimum Gasteiger partial charge on any atom is -0.460 e. The zero-order chi connectivity index (χ0) is 11.9. The molecule has 1 aliphatic heterocycles. The van der Waals surface area contributed by atoms with Gasteiger partial charge in [0.15, 0.2) is 9.84 Å². The molecule has 0 aromatic heterocycles. The first-order chi connectivity index (χ1) is 7.40. The van der Waals surface area contributed by atoms with Crippen LogP contribution in [-0.4, -0.2) is 20.1 Å². The SMILES string of the molecule is C=C1CS(=O)(=O)c2cc(C(N)=O)ccc2O1. The van der Waals surface area contributed by atoms with Gasteiger partial charge in [0.2, 0.25) is 5.91 Å². The standard InChI is InChI=1S/C10H9NO4S/c1-6-5-16(13,14)9-4-7(10(11)12)2-3-8(9)15-6/h2-4H,1,5H2,(H2,11,12). The fourth-order valence-electron chi connectivity index (χ4n) is 1.46. The molecule has 6 heteroatoms. The topological polar surface area (TPSA) is 86.5 Å².